The average Bonchev–Trinajstić information content (AvgIpc) is 2.78. The molecule has 0 aliphatic carbocycles. The fourth-order valence-electron chi connectivity index (χ4n) is 3.43. The second-order valence-corrected chi connectivity index (χ2v) is 6.77. The summed E-state index contributed by atoms with van der Waals surface area (Å²) >= 11 is 3.47. The van der Waals surface area contributed by atoms with Crippen molar-refractivity contribution in [1.29, 1.82) is 0 Å². The largest absolute Gasteiger partial charge is 0.317 e. The number of nitrogens with zero attached hydrogens (tertiary/aromatic N) is 1. The Labute approximate surface area is 134 Å². The molecule has 0 aromatic heterocycles. The van der Waals surface area contributed by atoms with Gasteiger partial charge < -0.3 is 5.32 Å². The Kier molecular flexibility index (Phi) is 5.46. The third kappa shape index (κ3) is 3.35. The first-order valence-corrected chi connectivity index (χ1v) is 7.84. The topological polar surface area (TPSA) is 15.3 Å². The summed E-state index contributed by atoms with van der Waals surface area (Å²) in [5, 5.41) is 3.43. The van der Waals surface area contributed by atoms with Gasteiger partial charge in [-0.2, -0.15) is 0 Å². The number of piperidine rings is 1. The van der Waals surface area contributed by atoms with Crippen LogP contribution in [0.25, 0.3) is 0 Å². The molecule has 112 valence electrons. The lowest BCUT2D eigenvalue weighted by molar-refractivity contribution is 0.193. The Bertz CT molecular complexity index is 443. The monoisotopic (exact) mass is 362 g/mol. The first kappa shape index (κ1) is 16.2. The minimum atomic E-state index is -0.0966. The second-order valence-electron chi connectivity index (χ2n) is 5.91. The van der Waals surface area contributed by atoms with E-state index < -0.39 is 0 Å². The minimum absolute atomic E-state index is 0. The third-order valence-corrected chi connectivity index (χ3v) is 5.37. The number of likely N-dealkylation sites (tertiary alicyclic amines) is 1. The van der Waals surface area contributed by atoms with Crippen LogP contribution in [0.5, 0.6) is 0 Å². The highest BCUT2D eigenvalue weighted by Gasteiger charge is 2.38. The Balaban J connectivity index is 0.00000147. The molecule has 2 fully saturated rings. The summed E-state index contributed by atoms with van der Waals surface area (Å²) in [4.78, 5) is 2.41. The Morgan fingerprint density at radius 1 is 1.25 bits per heavy atom. The first-order valence-electron chi connectivity index (χ1n) is 7.05. The van der Waals surface area contributed by atoms with Crippen molar-refractivity contribution in [3.63, 3.8) is 0 Å². The highest BCUT2D eigenvalue weighted by atomic mass is 79.9. The molecule has 1 aromatic rings. The standard InChI is InChI=1S/C15H20BrFN2.ClH/c16-13-2-1-3-14(17)12(13)10-19-9-6-15(11-19)4-7-18-8-5-15;/h1-3,18H,4-11H2;1H. The summed E-state index contributed by atoms with van der Waals surface area (Å²) in [6.07, 6.45) is 3.80. The zero-order chi connectivity index (χ0) is 13.3. The Morgan fingerprint density at radius 2 is 2.00 bits per heavy atom. The lowest BCUT2D eigenvalue weighted by Gasteiger charge is -2.34. The molecule has 2 aliphatic rings. The van der Waals surface area contributed by atoms with E-state index >= 15 is 0 Å². The van der Waals surface area contributed by atoms with Crippen LogP contribution in [-0.4, -0.2) is 31.1 Å². The maximum absolute atomic E-state index is 13.9. The highest BCUT2D eigenvalue weighted by Crippen LogP contribution is 2.39. The second kappa shape index (κ2) is 6.73. The summed E-state index contributed by atoms with van der Waals surface area (Å²) in [5.74, 6) is -0.0966. The fraction of sp³-hybridized carbons (Fsp3) is 0.600. The molecule has 5 heteroatoms. The van der Waals surface area contributed by atoms with Crippen molar-refractivity contribution in [2.75, 3.05) is 26.2 Å². The van der Waals surface area contributed by atoms with Gasteiger partial charge in [-0.15, -0.1) is 12.4 Å². The van der Waals surface area contributed by atoms with Crippen molar-refractivity contribution in [2.24, 2.45) is 5.41 Å². The molecule has 2 heterocycles. The molecule has 0 amide bonds. The minimum Gasteiger partial charge on any atom is -0.317 e. The molecule has 2 saturated heterocycles. The zero-order valence-electron chi connectivity index (χ0n) is 11.5. The SMILES string of the molecule is Cl.Fc1cccc(Br)c1CN1CCC2(CCNCC2)C1. The van der Waals surface area contributed by atoms with Crippen LogP contribution < -0.4 is 5.32 Å². The molecule has 1 spiro atoms. The van der Waals surface area contributed by atoms with Crippen LogP contribution in [-0.2, 0) is 6.54 Å². The molecule has 3 rings (SSSR count). The van der Waals surface area contributed by atoms with Gasteiger partial charge in [0.25, 0.3) is 0 Å². The average molecular weight is 364 g/mol. The van der Waals surface area contributed by atoms with Crippen LogP contribution in [0.4, 0.5) is 4.39 Å². The van der Waals surface area contributed by atoms with Gasteiger partial charge >= 0.3 is 0 Å². The molecular formula is C15H21BrClFN2. The summed E-state index contributed by atoms with van der Waals surface area (Å²) in [6, 6.07) is 5.23. The fourth-order valence-corrected chi connectivity index (χ4v) is 3.90. The number of rotatable bonds is 2. The van der Waals surface area contributed by atoms with Crippen LogP contribution in [0.3, 0.4) is 0 Å². The molecule has 20 heavy (non-hydrogen) atoms. The van der Waals surface area contributed by atoms with E-state index in [-0.39, 0.29) is 18.2 Å². The van der Waals surface area contributed by atoms with Gasteiger partial charge in [-0.1, -0.05) is 22.0 Å². The predicted molar refractivity (Wildman–Crippen MR) is 85.8 cm³/mol. The van der Waals surface area contributed by atoms with E-state index in [1.807, 2.05) is 6.07 Å². The smallest absolute Gasteiger partial charge is 0.128 e. The van der Waals surface area contributed by atoms with Crippen molar-refractivity contribution in [2.45, 2.75) is 25.8 Å². The van der Waals surface area contributed by atoms with Crippen LogP contribution in [0.1, 0.15) is 24.8 Å². The summed E-state index contributed by atoms with van der Waals surface area (Å²) in [7, 11) is 0. The Hall–Kier alpha value is -0.160. The third-order valence-electron chi connectivity index (χ3n) is 4.63. The van der Waals surface area contributed by atoms with Crippen LogP contribution in [0.2, 0.25) is 0 Å². The molecule has 2 aliphatic heterocycles. The maximum atomic E-state index is 13.9. The summed E-state index contributed by atoms with van der Waals surface area (Å²) in [5.41, 5.74) is 1.29. The van der Waals surface area contributed by atoms with E-state index in [0.717, 1.165) is 42.8 Å². The molecule has 1 aromatic carbocycles. The highest BCUT2D eigenvalue weighted by molar-refractivity contribution is 9.10. The van der Waals surface area contributed by atoms with E-state index in [2.05, 4.69) is 26.1 Å². The Morgan fingerprint density at radius 3 is 2.70 bits per heavy atom. The van der Waals surface area contributed by atoms with Gasteiger partial charge in [0.2, 0.25) is 0 Å². The van der Waals surface area contributed by atoms with Crippen molar-refractivity contribution >= 4 is 28.3 Å². The van der Waals surface area contributed by atoms with Crippen molar-refractivity contribution < 1.29 is 4.39 Å². The van der Waals surface area contributed by atoms with Crippen molar-refractivity contribution in [1.82, 2.24) is 10.2 Å². The van der Waals surface area contributed by atoms with Crippen LogP contribution in [0.15, 0.2) is 22.7 Å². The van der Waals surface area contributed by atoms with Gasteiger partial charge in [-0.25, -0.2) is 4.39 Å². The van der Waals surface area contributed by atoms with Crippen molar-refractivity contribution in [3.05, 3.63) is 34.1 Å². The molecule has 0 radical (unpaired) electrons. The molecule has 0 atom stereocenters. The summed E-state index contributed by atoms with van der Waals surface area (Å²) < 4.78 is 14.8. The lowest BCUT2D eigenvalue weighted by atomic mass is 9.78. The van der Waals surface area contributed by atoms with E-state index in [4.69, 9.17) is 0 Å². The number of benzene rings is 1. The number of hydrogen-bond acceptors (Lipinski definition) is 2. The van der Waals surface area contributed by atoms with Crippen LogP contribution >= 0.6 is 28.3 Å². The molecule has 2 nitrogen and oxygen atoms in total. The van der Waals surface area contributed by atoms with E-state index in [1.54, 1.807) is 12.1 Å². The van der Waals surface area contributed by atoms with Crippen molar-refractivity contribution in [3.8, 4) is 0 Å². The quantitative estimate of drug-likeness (QED) is 0.864. The molecule has 0 saturated carbocycles. The van der Waals surface area contributed by atoms with Crippen LogP contribution in [0, 0.1) is 11.2 Å². The summed E-state index contributed by atoms with van der Waals surface area (Å²) in [6.45, 7) is 5.22. The van der Waals surface area contributed by atoms with Gasteiger partial charge in [0, 0.05) is 23.1 Å². The lowest BCUT2D eigenvalue weighted by Crippen LogP contribution is -2.38. The van der Waals surface area contributed by atoms with E-state index in [1.165, 1.54) is 19.3 Å². The van der Waals surface area contributed by atoms with Gasteiger partial charge in [-0.05, 0) is 56.4 Å². The first-order chi connectivity index (χ1) is 9.19. The van der Waals surface area contributed by atoms with Gasteiger partial charge in [0.1, 0.15) is 5.82 Å². The van der Waals surface area contributed by atoms with E-state index in [9.17, 15) is 4.39 Å². The number of halogens is 3. The van der Waals surface area contributed by atoms with Gasteiger partial charge in [0.15, 0.2) is 0 Å². The normalized spacial score (nSPS) is 21.9. The maximum Gasteiger partial charge on any atom is 0.128 e. The zero-order valence-corrected chi connectivity index (χ0v) is 13.9. The van der Waals surface area contributed by atoms with E-state index in [0.29, 0.717) is 5.41 Å². The number of hydrogen-bond donors (Lipinski definition) is 1. The molecular weight excluding hydrogens is 343 g/mol. The molecule has 0 bridgehead atoms. The van der Waals surface area contributed by atoms with Gasteiger partial charge in [0.05, 0.1) is 0 Å². The predicted octanol–water partition coefficient (Wildman–Crippen LogP) is 3.59. The van der Waals surface area contributed by atoms with Gasteiger partial charge in [-0.3, -0.25) is 4.90 Å². The molecule has 1 N–H and O–H groups in total. The number of nitrogens with one attached hydrogen (secondary N) is 1. The molecule has 0 unspecified atom stereocenters.